The molecule has 0 unspecified atom stereocenters. The van der Waals surface area contributed by atoms with E-state index in [1.165, 1.54) is 11.3 Å². The van der Waals surface area contributed by atoms with Gasteiger partial charge in [-0.15, -0.1) is 0 Å². The number of anilines is 2. The molecule has 0 bridgehead atoms. The third kappa shape index (κ3) is 2.51. The van der Waals surface area contributed by atoms with E-state index in [0.29, 0.717) is 10.8 Å². The van der Waals surface area contributed by atoms with Gasteiger partial charge in [-0.2, -0.15) is 0 Å². The molecule has 96 valence electrons. The lowest BCUT2D eigenvalue weighted by Gasteiger charge is -2.05. The number of nitrogens with zero attached hydrogens (tertiary/aromatic N) is 3. The second-order valence-electron chi connectivity index (χ2n) is 4.17. The van der Waals surface area contributed by atoms with Crippen molar-refractivity contribution >= 4 is 28.3 Å². The number of rotatable bonds is 3. The Morgan fingerprint density at radius 2 is 2.17 bits per heavy atom. The van der Waals surface area contributed by atoms with Crippen LogP contribution in [-0.2, 0) is 0 Å². The van der Waals surface area contributed by atoms with Crippen LogP contribution in [0.2, 0.25) is 0 Å². The minimum absolute atomic E-state index is 0.188. The number of hydrogen-bond acceptors (Lipinski definition) is 5. The number of aromatic amines is 1. The highest BCUT2D eigenvalue weighted by Gasteiger charge is 2.17. The molecule has 2 aromatic rings. The highest BCUT2D eigenvalue weighted by atomic mass is 32.1. The van der Waals surface area contributed by atoms with E-state index in [4.69, 9.17) is 0 Å². The molecule has 0 atom stereocenters. The summed E-state index contributed by atoms with van der Waals surface area (Å²) in [7, 11) is 3.80. The van der Waals surface area contributed by atoms with Crippen molar-refractivity contribution in [2.75, 3.05) is 24.3 Å². The van der Waals surface area contributed by atoms with Gasteiger partial charge in [0.25, 0.3) is 5.91 Å². The first kappa shape index (κ1) is 12.6. The van der Waals surface area contributed by atoms with E-state index < -0.39 is 0 Å². The Hall–Kier alpha value is -1.89. The first-order chi connectivity index (χ1) is 8.47. The molecule has 7 heteroatoms. The Bertz CT molecular complexity index is 572. The predicted octanol–water partition coefficient (Wildman–Crippen LogP) is 1.80. The molecule has 0 saturated carbocycles. The van der Waals surface area contributed by atoms with Crippen molar-refractivity contribution in [3.63, 3.8) is 0 Å². The lowest BCUT2D eigenvalue weighted by Crippen LogP contribution is -2.12. The first-order valence-electron chi connectivity index (χ1n) is 5.45. The summed E-state index contributed by atoms with van der Waals surface area (Å²) in [6.07, 6.45) is 1.67. The number of aryl methyl sites for hydroxylation is 2. The van der Waals surface area contributed by atoms with Crippen molar-refractivity contribution in [3.8, 4) is 0 Å². The van der Waals surface area contributed by atoms with Crippen LogP contribution >= 0.6 is 11.3 Å². The van der Waals surface area contributed by atoms with Crippen LogP contribution < -0.4 is 10.2 Å². The van der Waals surface area contributed by atoms with Gasteiger partial charge in [-0.25, -0.2) is 9.97 Å². The lowest BCUT2D eigenvalue weighted by molar-refractivity contribution is 0.102. The quantitative estimate of drug-likeness (QED) is 0.887. The number of nitrogens with one attached hydrogen (secondary N) is 2. The highest BCUT2D eigenvalue weighted by molar-refractivity contribution is 7.17. The number of hydrogen-bond donors (Lipinski definition) is 2. The molecule has 0 saturated heterocycles. The van der Waals surface area contributed by atoms with Gasteiger partial charge < -0.3 is 9.88 Å². The zero-order valence-electron chi connectivity index (χ0n) is 10.7. The van der Waals surface area contributed by atoms with Crippen LogP contribution in [0.1, 0.15) is 21.1 Å². The smallest absolute Gasteiger partial charge is 0.270 e. The predicted molar refractivity (Wildman–Crippen MR) is 72.5 cm³/mol. The maximum atomic E-state index is 12.1. The molecule has 2 aromatic heterocycles. The molecule has 0 aromatic carbocycles. The van der Waals surface area contributed by atoms with Crippen molar-refractivity contribution in [2.24, 2.45) is 0 Å². The number of aromatic nitrogens is 3. The molecular weight excluding hydrogens is 250 g/mol. The fourth-order valence-corrected chi connectivity index (χ4v) is 2.31. The Kier molecular flexibility index (Phi) is 3.33. The third-order valence-electron chi connectivity index (χ3n) is 2.31. The van der Waals surface area contributed by atoms with Gasteiger partial charge in [0, 0.05) is 26.0 Å². The minimum Gasteiger partial charge on any atom is -0.354 e. The van der Waals surface area contributed by atoms with E-state index in [1.807, 2.05) is 32.8 Å². The molecule has 6 nitrogen and oxygen atoms in total. The van der Waals surface area contributed by atoms with Gasteiger partial charge >= 0.3 is 0 Å². The minimum atomic E-state index is -0.188. The normalized spacial score (nSPS) is 10.4. The Balaban J connectivity index is 2.18. The SMILES string of the molecule is Cc1cnc(NC(=O)c2sc(N(C)C)nc2C)[nH]1. The van der Waals surface area contributed by atoms with E-state index in [0.717, 1.165) is 16.5 Å². The topological polar surface area (TPSA) is 73.9 Å². The second-order valence-corrected chi connectivity index (χ2v) is 5.15. The van der Waals surface area contributed by atoms with Gasteiger partial charge in [-0.3, -0.25) is 10.1 Å². The second kappa shape index (κ2) is 4.77. The van der Waals surface area contributed by atoms with Gasteiger partial charge in [-0.1, -0.05) is 11.3 Å². The Morgan fingerprint density at radius 3 is 2.67 bits per heavy atom. The van der Waals surface area contributed by atoms with Crippen molar-refractivity contribution in [3.05, 3.63) is 22.5 Å². The molecular formula is C11H15N5OS. The van der Waals surface area contributed by atoms with Crippen LogP contribution in [0.3, 0.4) is 0 Å². The summed E-state index contributed by atoms with van der Waals surface area (Å²) in [5.74, 6) is 0.268. The molecule has 2 heterocycles. The van der Waals surface area contributed by atoms with E-state index in [9.17, 15) is 4.79 Å². The van der Waals surface area contributed by atoms with Gasteiger partial charge in [0.1, 0.15) is 4.88 Å². The average molecular weight is 265 g/mol. The van der Waals surface area contributed by atoms with E-state index in [-0.39, 0.29) is 5.91 Å². The van der Waals surface area contributed by atoms with Crippen molar-refractivity contribution < 1.29 is 4.79 Å². The molecule has 2 rings (SSSR count). The molecule has 0 aliphatic heterocycles. The van der Waals surface area contributed by atoms with Gasteiger partial charge in [-0.05, 0) is 13.8 Å². The molecule has 0 aliphatic carbocycles. The molecule has 0 aliphatic rings. The standard InChI is InChI=1S/C11H15N5OS/c1-6-5-12-10(13-6)15-9(17)8-7(2)14-11(18-8)16(3)4/h5H,1-4H3,(H2,12,13,15,17). The third-order valence-corrected chi connectivity index (χ3v) is 3.63. The number of carbonyl (C=O) groups is 1. The van der Waals surface area contributed by atoms with Gasteiger partial charge in [0.2, 0.25) is 5.95 Å². The lowest BCUT2D eigenvalue weighted by atomic mass is 10.4. The summed E-state index contributed by atoms with van der Waals surface area (Å²) in [4.78, 5) is 25.9. The van der Waals surface area contributed by atoms with E-state index in [1.54, 1.807) is 6.20 Å². The molecule has 18 heavy (non-hydrogen) atoms. The van der Waals surface area contributed by atoms with Gasteiger partial charge in [0.15, 0.2) is 5.13 Å². The molecule has 0 fully saturated rings. The molecule has 2 N–H and O–H groups in total. The molecule has 0 spiro atoms. The van der Waals surface area contributed by atoms with Crippen molar-refractivity contribution in [2.45, 2.75) is 13.8 Å². The van der Waals surface area contributed by atoms with Crippen LogP contribution in [0.25, 0.3) is 0 Å². The van der Waals surface area contributed by atoms with Crippen molar-refractivity contribution in [1.82, 2.24) is 15.0 Å². The summed E-state index contributed by atoms with van der Waals surface area (Å²) in [6, 6.07) is 0. The number of thiazole rings is 1. The van der Waals surface area contributed by atoms with E-state index >= 15 is 0 Å². The summed E-state index contributed by atoms with van der Waals surface area (Å²) in [5, 5.41) is 3.53. The highest BCUT2D eigenvalue weighted by Crippen LogP contribution is 2.24. The summed E-state index contributed by atoms with van der Waals surface area (Å²) >= 11 is 1.36. The first-order valence-corrected chi connectivity index (χ1v) is 6.26. The summed E-state index contributed by atoms with van der Waals surface area (Å²) < 4.78 is 0. The molecule has 0 radical (unpaired) electrons. The number of amides is 1. The maximum Gasteiger partial charge on any atom is 0.270 e. The number of carbonyl (C=O) groups excluding carboxylic acids is 1. The van der Waals surface area contributed by atoms with E-state index in [2.05, 4.69) is 20.3 Å². The zero-order valence-corrected chi connectivity index (χ0v) is 11.6. The summed E-state index contributed by atoms with van der Waals surface area (Å²) in [6.45, 7) is 3.70. The summed E-state index contributed by atoms with van der Waals surface area (Å²) in [5.41, 5.74) is 1.63. The number of imidazole rings is 1. The van der Waals surface area contributed by atoms with Crippen LogP contribution in [-0.4, -0.2) is 35.0 Å². The van der Waals surface area contributed by atoms with Gasteiger partial charge in [0.05, 0.1) is 5.69 Å². The number of H-pyrrole nitrogens is 1. The largest absolute Gasteiger partial charge is 0.354 e. The Morgan fingerprint density at radius 1 is 1.44 bits per heavy atom. The van der Waals surface area contributed by atoms with Crippen LogP contribution in [0, 0.1) is 13.8 Å². The molecule has 1 amide bonds. The zero-order chi connectivity index (χ0) is 13.3. The van der Waals surface area contributed by atoms with Crippen LogP contribution in [0.15, 0.2) is 6.20 Å². The Labute approximate surface area is 109 Å². The van der Waals surface area contributed by atoms with Crippen LogP contribution in [0.4, 0.5) is 11.1 Å². The average Bonchev–Trinajstić information content (AvgIpc) is 2.85. The fraction of sp³-hybridized carbons (Fsp3) is 0.364. The van der Waals surface area contributed by atoms with Crippen LogP contribution in [0.5, 0.6) is 0 Å². The monoisotopic (exact) mass is 265 g/mol. The van der Waals surface area contributed by atoms with Crippen molar-refractivity contribution in [1.29, 1.82) is 0 Å². The fourth-order valence-electron chi connectivity index (χ4n) is 1.42. The maximum absolute atomic E-state index is 12.1.